The molecule has 0 aliphatic carbocycles. The molecule has 0 aromatic rings. The van der Waals surface area contributed by atoms with Crippen LogP contribution < -0.4 is 11.1 Å². The molecule has 0 aliphatic heterocycles. The summed E-state index contributed by atoms with van der Waals surface area (Å²) in [5, 5.41) is 13.7. The van der Waals surface area contributed by atoms with Gasteiger partial charge in [0.05, 0.1) is 25.4 Å². The van der Waals surface area contributed by atoms with Gasteiger partial charge in [0, 0.05) is 13.0 Å². The Balaban J connectivity index is 4.17. The highest BCUT2D eigenvalue weighted by molar-refractivity contribution is 7.47. The second kappa shape index (κ2) is 43.3. The van der Waals surface area contributed by atoms with Crippen molar-refractivity contribution in [2.75, 3.05) is 19.8 Å². The summed E-state index contributed by atoms with van der Waals surface area (Å²) in [7, 11) is -4.34. The van der Waals surface area contributed by atoms with E-state index in [4.69, 9.17) is 14.8 Å². The lowest BCUT2D eigenvalue weighted by Gasteiger charge is -2.23. The molecule has 0 heterocycles. The van der Waals surface area contributed by atoms with Crippen molar-refractivity contribution in [2.45, 2.75) is 238 Å². The molecule has 0 aromatic heterocycles. The standard InChI is InChI=1S/C47H91N2O6P/c1-3-5-7-9-11-13-15-17-19-21-22-23-24-25-26-28-30-32-34-36-38-40-46(50)45(44-55-56(52,53)54-43-42-48)49-47(51)41-39-37-35-33-31-29-27-20-18-16-14-12-10-8-6-4-2/h14,16,20,27,38,40,45-46,50H,3-13,15,17-19,21-26,28-37,39,41-44,48H2,1-2H3,(H,49,51)(H,52,53)/b16-14-,27-20-,40-38+. The highest BCUT2D eigenvalue weighted by atomic mass is 31.2. The third-order valence-electron chi connectivity index (χ3n) is 10.5. The van der Waals surface area contributed by atoms with Gasteiger partial charge in [-0.2, -0.15) is 0 Å². The number of phosphoric ester groups is 1. The van der Waals surface area contributed by atoms with Crippen LogP contribution in [-0.2, 0) is 18.4 Å². The van der Waals surface area contributed by atoms with Crippen molar-refractivity contribution in [2.24, 2.45) is 5.73 Å². The minimum atomic E-state index is -4.34. The fourth-order valence-corrected chi connectivity index (χ4v) is 7.63. The topological polar surface area (TPSA) is 131 Å². The maximum Gasteiger partial charge on any atom is 0.472 e. The number of hydrogen-bond acceptors (Lipinski definition) is 6. The highest BCUT2D eigenvalue weighted by Crippen LogP contribution is 2.43. The second-order valence-electron chi connectivity index (χ2n) is 16.0. The Bertz CT molecular complexity index is 974. The van der Waals surface area contributed by atoms with Gasteiger partial charge in [-0.3, -0.25) is 13.8 Å². The first-order valence-electron chi connectivity index (χ1n) is 23.6. The van der Waals surface area contributed by atoms with Gasteiger partial charge in [0.1, 0.15) is 0 Å². The first-order chi connectivity index (χ1) is 27.4. The smallest absolute Gasteiger partial charge is 0.387 e. The van der Waals surface area contributed by atoms with Crippen LogP contribution in [0.3, 0.4) is 0 Å². The summed E-state index contributed by atoms with van der Waals surface area (Å²) in [5.41, 5.74) is 5.38. The minimum Gasteiger partial charge on any atom is -0.387 e. The molecular formula is C47H91N2O6P. The van der Waals surface area contributed by atoms with E-state index >= 15 is 0 Å². The van der Waals surface area contributed by atoms with E-state index in [0.717, 1.165) is 64.2 Å². The zero-order valence-corrected chi connectivity index (χ0v) is 37.5. The molecule has 1 amide bonds. The lowest BCUT2D eigenvalue weighted by atomic mass is 10.0. The van der Waals surface area contributed by atoms with E-state index in [0.29, 0.717) is 6.42 Å². The normalized spacial score (nSPS) is 14.3. The molecule has 9 heteroatoms. The molecule has 56 heavy (non-hydrogen) atoms. The van der Waals surface area contributed by atoms with Crippen LogP contribution in [0.25, 0.3) is 0 Å². The summed E-state index contributed by atoms with van der Waals surface area (Å²) in [5.74, 6) is -0.207. The van der Waals surface area contributed by atoms with Gasteiger partial charge in [0.25, 0.3) is 0 Å². The van der Waals surface area contributed by atoms with Crippen LogP contribution >= 0.6 is 7.82 Å². The van der Waals surface area contributed by atoms with Crippen molar-refractivity contribution in [1.82, 2.24) is 5.32 Å². The first-order valence-corrected chi connectivity index (χ1v) is 25.1. The van der Waals surface area contributed by atoms with Crippen molar-refractivity contribution >= 4 is 13.7 Å². The van der Waals surface area contributed by atoms with Crippen LogP contribution in [0.4, 0.5) is 0 Å². The molecule has 5 N–H and O–H groups in total. The van der Waals surface area contributed by atoms with E-state index in [-0.39, 0.29) is 25.7 Å². The highest BCUT2D eigenvalue weighted by Gasteiger charge is 2.26. The largest absolute Gasteiger partial charge is 0.472 e. The first kappa shape index (κ1) is 54.7. The number of aliphatic hydroxyl groups excluding tert-OH is 1. The summed E-state index contributed by atoms with van der Waals surface area (Å²) in [6, 6.07) is -0.867. The lowest BCUT2D eigenvalue weighted by molar-refractivity contribution is -0.123. The Morgan fingerprint density at radius 1 is 0.589 bits per heavy atom. The van der Waals surface area contributed by atoms with E-state index in [1.807, 2.05) is 6.08 Å². The summed E-state index contributed by atoms with van der Waals surface area (Å²) in [6.07, 6.45) is 52.0. The number of nitrogens with two attached hydrogens (primary N) is 1. The minimum absolute atomic E-state index is 0.0759. The van der Waals surface area contributed by atoms with Gasteiger partial charge >= 0.3 is 7.82 Å². The van der Waals surface area contributed by atoms with Crippen LogP contribution in [0, 0.1) is 0 Å². The number of nitrogens with one attached hydrogen (secondary N) is 1. The van der Waals surface area contributed by atoms with Crippen LogP contribution in [0.15, 0.2) is 36.5 Å². The summed E-state index contributed by atoms with van der Waals surface area (Å²) in [6.45, 7) is 4.12. The van der Waals surface area contributed by atoms with Crippen molar-refractivity contribution in [3.63, 3.8) is 0 Å². The third kappa shape index (κ3) is 40.9. The maximum absolute atomic E-state index is 12.8. The molecule has 0 aliphatic rings. The molecule has 0 saturated carbocycles. The number of phosphoric acid groups is 1. The van der Waals surface area contributed by atoms with Crippen LogP contribution in [-0.4, -0.2) is 47.8 Å². The van der Waals surface area contributed by atoms with Gasteiger partial charge in [-0.25, -0.2) is 4.57 Å². The Hall–Kier alpha value is -1.28. The average Bonchev–Trinajstić information content (AvgIpc) is 3.19. The number of carbonyl (C=O) groups excluding carboxylic acids is 1. The van der Waals surface area contributed by atoms with Crippen molar-refractivity contribution in [3.05, 3.63) is 36.5 Å². The van der Waals surface area contributed by atoms with Gasteiger partial charge < -0.3 is 21.1 Å². The Kier molecular flexibility index (Phi) is 42.3. The van der Waals surface area contributed by atoms with Crippen LogP contribution in [0.2, 0.25) is 0 Å². The summed E-state index contributed by atoms with van der Waals surface area (Å²) in [4.78, 5) is 22.7. The van der Waals surface area contributed by atoms with Gasteiger partial charge in [0.15, 0.2) is 0 Å². The number of allylic oxidation sites excluding steroid dienone is 5. The fraction of sp³-hybridized carbons (Fsp3) is 0.851. The number of amides is 1. The number of unbranched alkanes of at least 4 members (excludes halogenated alkanes) is 28. The molecule has 0 spiro atoms. The summed E-state index contributed by atoms with van der Waals surface area (Å²) >= 11 is 0. The monoisotopic (exact) mass is 811 g/mol. The quantitative estimate of drug-likeness (QED) is 0.0274. The van der Waals surface area contributed by atoms with Gasteiger partial charge in [-0.15, -0.1) is 0 Å². The van der Waals surface area contributed by atoms with Gasteiger partial charge in [-0.05, 0) is 51.4 Å². The van der Waals surface area contributed by atoms with E-state index in [1.165, 1.54) is 141 Å². The zero-order valence-electron chi connectivity index (χ0n) is 36.6. The second-order valence-corrected chi connectivity index (χ2v) is 17.4. The molecule has 0 fully saturated rings. The molecule has 3 unspecified atom stereocenters. The maximum atomic E-state index is 12.8. The molecule has 330 valence electrons. The molecule has 8 nitrogen and oxygen atoms in total. The molecule has 3 atom stereocenters. The predicted octanol–water partition coefficient (Wildman–Crippen LogP) is 13.5. The SMILES string of the molecule is CCCCCC/C=C\C/C=C\CCCCCCCC(=O)NC(COP(=O)(O)OCCN)C(O)/C=C/CCCCCCCCCCCCCCCCCCCCC. The van der Waals surface area contributed by atoms with Crippen LogP contribution in [0.1, 0.15) is 226 Å². The number of rotatable bonds is 44. The lowest BCUT2D eigenvalue weighted by Crippen LogP contribution is -2.45. The van der Waals surface area contributed by atoms with E-state index in [1.54, 1.807) is 6.08 Å². The number of carbonyl (C=O) groups is 1. The molecule has 0 radical (unpaired) electrons. The molecule has 0 rings (SSSR count). The average molecular weight is 811 g/mol. The van der Waals surface area contributed by atoms with E-state index in [9.17, 15) is 19.4 Å². The van der Waals surface area contributed by atoms with E-state index < -0.39 is 20.0 Å². The summed E-state index contributed by atoms with van der Waals surface area (Å²) < 4.78 is 22.2. The molecule has 0 aromatic carbocycles. The van der Waals surface area contributed by atoms with E-state index in [2.05, 4.69) is 43.5 Å². The predicted molar refractivity (Wildman–Crippen MR) is 240 cm³/mol. The molecular weight excluding hydrogens is 719 g/mol. The Labute approximate surface area is 346 Å². The molecule has 0 bridgehead atoms. The Morgan fingerprint density at radius 3 is 1.43 bits per heavy atom. The van der Waals surface area contributed by atoms with Crippen molar-refractivity contribution in [1.29, 1.82) is 0 Å². The van der Waals surface area contributed by atoms with Gasteiger partial charge in [0.2, 0.25) is 5.91 Å². The number of aliphatic hydroxyl groups is 1. The zero-order chi connectivity index (χ0) is 41.1. The number of hydrogen-bond donors (Lipinski definition) is 4. The fourth-order valence-electron chi connectivity index (χ4n) is 6.87. The molecule has 0 saturated heterocycles. The van der Waals surface area contributed by atoms with Crippen molar-refractivity contribution < 1.29 is 28.4 Å². The van der Waals surface area contributed by atoms with Crippen LogP contribution in [0.5, 0.6) is 0 Å². The van der Waals surface area contributed by atoms with Crippen molar-refractivity contribution in [3.8, 4) is 0 Å². The third-order valence-corrected chi connectivity index (χ3v) is 11.4. The van der Waals surface area contributed by atoms with Gasteiger partial charge in [-0.1, -0.05) is 204 Å². The Morgan fingerprint density at radius 2 is 0.982 bits per heavy atom.